The fourth-order valence-corrected chi connectivity index (χ4v) is 2.88. The van der Waals surface area contributed by atoms with Crippen molar-refractivity contribution in [2.75, 3.05) is 31.6 Å². The summed E-state index contributed by atoms with van der Waals surface area (Å²) in [6.45, 7) is 0.892. The molecule has 0 spiro atoms. The van der Waals surface area contributed by atoms with Gasteiger partial charge in [0.25, 0.3) is 5.91 Å². The third-order valence-electron chi connectivity index (χ3n) is 4.30. The van der Waals surface area contributed by atoms with Gasteiger partial charge in [0.2, 0.25) is 5.91 Å². The van der Waals surface area contributed by atoms with Gasteiger partial charge in [0.05, 0.1) is 29.4 Å². The van der Waals surface area contributed by atoms with Crippen LogP contribution in [0.15, 0.2) is 18.2 Å². The van der Waals surface area contributed by atoms with Crippen molar-refractivity contribution in [2.24, 2.45) is 0 Å². The molecule has 1 aliphatic carbocycles. The minimum Gasteiger partial charge on any atom is -0.366 e. The fourth-order valence-electron chi connectivity index (χ4n) is 2.72. The van der Waals surface area contributed by atoms with Crippen molar-refractivity contribution >= 4 is 29.1 Å². The van der Waals surface area contributed by atoms with E-state index in [4.69, 9.17) is 16.3 Å². The Labute approximate surface area is 159 Å². The molecular weight excluding hydrogens is 387 g/mol. The van der Waals surface area contributed by atoms with Crippen LogP contribution in [0.1, 0.15) is 18.4 Å². The van der Waals surface area contributed by atoms with Crippen LogP contribution in [0.4, 0.5) is 18.9 Å². The lowest BCUT2D eigenvalue weighted by atomic mass is 10.2. The fraction of sp³-hybridized carbons (Fsp3) is 0.529. The molecule has 1 saturated carbocycles. The predicted octanol–water partition coefficient (Wildman–Crippen LogP) is 2.28. The van der Waals surface area contributed by atoms with Crippen LogP contribution >= 0.6 is 11.6 Å². The molecule has 3 rings (SSSR count). The molecule has 1 atom stereocenters. The maximum Gasteiger partial charge on any atom is 0.416 e. The lowest BCUT2D eigenvalue weighted by molar-refractivity contribution is -0.140. The number of nitrogens with one attached hydrogen (secondary N) is 2. The third-order valence-corrected chi connectivity index (χ3v) is 4.63. The highest BCUT2D eigenvalue weighted by atomic mass is 35.5. The second-order valence-electron chi connectivity index (χ2n) is 6.62. The quantitative estimate of drug-likeness (QED) is 0.788. The van der Waals surface area contributed by atoms with Crippen molar-refractivity contribution in [1.29, 1.82) is 0 Å². The van der Waals surface area contributed by atoms with E-state index < -0.39 is 23.8 Å². The molecule has 1 aromatic carbocycles. The number of amides is 2. The number of benzene rings is 1. The summed E-state index contributed by atoms with van der Waals surface area (Å²) in [5, 5.41) is 5.27. The maximum atomic E-state index is 12.8. The Kier molecular flexibility index (Phi) is 5.92. The Bertz CT molecular complexity index is 725. The molecule has 1 heterocycles. The van der Waals surface area contributed by atoms with Crippen LogP contribution < -0.4 is 10.6 Å². The van der Waals surface area contributed by atoms with Crippen molar-refractivity contribution in [1.82, 2.24) is 10.2 Å². The van der Waals surface area contributed by atoms with Gasteiger partial charge < -0.3 is 15.4 Å². The van der Waals surface area contributed by atoms with E-state index in [1.165, 1.54) is 0 Å². The van der Waals surface area contributed by atoms with Crippen LogP contribution in [-0.4, -0.2) is 55.1 Å². The summed E-state index contributed by atoms with van der Waals surface area (Å²) in [5.41, 5.74) is -1.00. The van der Waals surface area contributed by atoms with Gasteiger partial charge in [-0.3, -0.25) is 14.5 Å². The van der Waals surface area contributed by atoms with E-state index in [-0.39, 0.29) is 35.7 Å². The maximum absolute atomic E-state index is 12.8. The minimum atomic E-state index is -4.53. The number of carbonyl (C=O) groups is 2. The number of rotatable bonds is 5. The Morgan fingerprint density at radius 2 is 2.04 bits per heavy atom. The number of nitrogens with zero attached hydrogens (tertiary/aromatic N) is 1. The van der Waals surface area contributed by atoms with Gasteiger partial charge in [-0.2, -0.15) is 13.2 Å². The molecule has 1 saturated heterocycles. The van der Waals surface area contributed by atoms with E-state index in [0.717, 1.165) is 31.0 Å². The molecule has 0 radical (unpaired) electrons. The zero-order valence-electron chi connectivity index (χ0n) is 14.3. The van der Waals surface area contributed by atoms with E-state index in [1.54, 1.807) is 4.90 Å². The molecule has 0 bridgehead atoms. The topological polar surface area (TPSA) is 70.7 Å². The molecule has 1 aliphatic heterocycles. The Balaban J connectivity index is 1.56. The lowest BCUT2D eigenvalue weighted by Crippen LogP contribution is -2.51. The average molecular weight is 406 g/mol. The second kappa shape index (κ2) is 8.04. The normalized spacial score (nSPS) is 21.0. The summed E-state index contributed by atoms with van der Waals surface area (Å²) in [6, 6.07) is 2.95. The Morgan fingerprint density at radius 1 is 1.30 bits per heavy atom. The first-order valence-electron chi connectivity index (χ1n) is 8.53. The second-order valence-corrected chi connectivity index (χ2v) is 7.03. The average Bonchev–Trinajstić information content (AvgIpc) is 3.40. The van der Waals surface area contributed by atoms with Gasteiger partial charge in [0.15, 0.2) is 0 Å². The molecular formula is C17H19ClF3N3O3. The number of alkyl halides is 3. The molecule has 2 fully saturated rings. The molecule has 2 amide bonds. The number of hydrogen-bond acceptors (Lipinski definition) is 4. The molecule has 0 aromatic heterocycles. The molecule has 2 N–H and O–H groups in total. The molecule has 2 aliphatic rings. The van der Waals surface area contributed by atoms with Crippen LogP contribution in [0.5, 0.6) is 0 Å². The van der Waals surface area contributed by atoms with Gasteiger partial charge in [-0.15, -0.1) is 0 Å². The Morgan fingerprint density at radius 3 is 2.70 bits per heavy atom. The first-order chi connectivity index (χ1) is 12.7. The molecule has 148 valence electrons. The van der Waals surface area contributed by atoms with Crippen molar-refractivity contribution in [3.8, 4) is 0 Å². The molecule has 1 aromatic rings. The summed E-state index contributed by atoms with van der Waals surface area (Å²) >= 11 is 5.88. The number of morpholine rings is 1. The lowest BCUT2D eigenvalue weighted by Gasteiger charge is -2.31. The smallest absolute Gasteiger partial charge is 0.366 e. The van der Waals surface area contributed by atoms with Gasteiger partial charge >= 0.3 is 6.18 Å². The van der Waals surface area contributed by atoms with Crippen molar-refractivity contribution in [3.63, 3.8) is 0 Å². The zero-order valence-corrected chi connectivity index (χ0v) is 15.1. The van der Waals surface area contributed by atoms with E-state index >= 15 is 0 Å². The van der Waals surface area contributed by atoms with Gasteiger partial charge in [-0.25, -0.2) is 0 Å². The summed E-state index contributed by atoms with van der Waals surface area (Å²) in [7, 11) is 0. The Hall–Kier alpha value is -1.84. The van der Waals surface area contributed by atoms with E-state index in [0.29, 0.717) is 13.2 Å². The van der Waals surface area contributed by atoms with Gasteiger partial charge in [-0.1, -0.05) is 11.6 Å². The number of halogens is 4. The van der Waals surface area contributed by atoms with Crippen LogP contribution in [-0.2, 0) is 20.5 Å². The SMILES string of the molecule is O=C(CN1CCOC(C(=O)NC2CC2)C1)Nc1cc(C(F)(F)F)ccc1Cl. The summed E-state index contributed by atoms with van der Waals surface area (Å²) < 4.78 is 43.9. The highest BCUT2D eigenvalue weighted by Gasteiger charge is 2.33. The number of carbonyl (C=O) groups excluding carboxylic acids is 2. The number of hydrogen-bond donors (Lipinski definition) is 2. The first-order valence-corrected chi connectivity index (χ1v) is 8.91. The van der Waals surface area contributed by atoms with Crippen LogP contribution in [0.3, 0.4) is 0 Å². The minimum absolute atomic E-state index is 0.0139. The zero-order chi connectivity index (χ0) is 19.6. The van der Waals surface area contributed by atoms with Gasteiger partial charge in [0, 0.05) is 19.1 Å². The third kappa shape index (κ3) is 5.57. The molecule has 1 unspecified atom stereocenters. The number of ether oxygens (including phenoxy) is 1. The largest absolute Gasteiger partial charge is 0.416 e. The summed E-state index contributed by atoms with van der Waals surface area (Å²) in [6.07, 6.45) is -3.27. The van der Waals surface area contributed by atoms with Crippen molar-refractivity contribution in [2.45, 2.75) is 31.2 Å². The number of anilines is 1. The van der Waals surface area contributed by atoms with Crippen LogP contribution in [0.2, 0.25) is 5.02 Å². The first kappa shape index (κ1) is 19.9. The van der Waals surface area contributed by atoms with E-state index in [9.17, 15) is 22.8 Å². The van der Waals surface area contributed by atoms with E-state index in [1.807, 2.05) is 0 Å². The highest BCUT2D eigenvalue weighted by molar-refractivity contribution is 6.33. The molecule has 10 heteroatoms. The monoisotopic (exact) mass is 405 g/mol. The van der Waals surface area contributed by atoms with Crippen molar-refractivity contribution < 1.29 is 27.5 Å². The van der Waals surface area contributed by atoms with E-state index in [2.05, 4.69) is 10.6 Å². The highest BCUT2D eigenvalue weighted by Crippen LogP contribution is 2.33. The standard InChI is InChI=1S/C17H19ClF3N3O3/c18-12-4-1-10(17(19,20)21)7-13(12)23-15(25)9-24-5-6-27-14(8-24)16(26)22-11-2-3-11/h1,4,7,11,14H,2-3,5-6,8-9H2,(H,22,26)(H,23,25). The summed E-state index contributed by atoms with van der Waals surface area (Å²) in [5.74, 6) is -0.719. The van der Waals surface area contributed by atoms with Crippen LogP contribution in [0, 0.1) is 0 Å². The molecule has 27 heavy (non-hydrogen) atoms. The molecule has 6 nitrogen and oxygen atoms in total. The summed E-state index contributed by atoms with van der Waals surface area (Å²) in [4.78, 5) is 26.0. The van der Waals surface area contributed by atoms with Gasteiger partial charge in [-0.05, 0) is 31.0 Å². The van der Waals surface area contributed by atoms with Crippen LogP contribution in [0.25, 0.3) is 0 Å². The van der Waals surface area contributed by atoms with Crippen molar-refractivity contribution in [3.05, 3.63) is 28.8 Å². The van der Waals surface area contributed by atoms with Gasteiger partial charge in [0.1, 0.15) is 6.10 Å². The predicted molar refractivity (Wildman–Crippen MR) is 92.4 cm³/mol.